The van der Waals surface area contributed by atoms with Crippen LogP contribution in [0.2, 0.25) is 5.02 Å². The molecule has 0 N–H and O–H groups in total. The molecule has 3 aromatic rings. The summed E-state index contributed by atoms with van der Waals surface area (Å²) in [5.41, 5.74) is 5.34. The number of rotatable bonds is 1. The lowest BCUT2D eigenvalue weighted by Crippen LogP contribution is -2.26. The number of amides is 1. The molecular weight excluding hydrogens is 344 g/mol. The van der Waals surface area contributed by atoms with E-state index in [1.165, 1.54) is 0 Å². The summed E-state index contributed by atoms with van der Waals surface area (Å²) in [6, 6.07) is 15.3. The first kappa shape index (κ1) is 15.6. The van der Waals surface area contributed by atoms with Gasteiger partial charge in [0.2, 0.25) is 0 Å². The molecule has 4 heteroatoms. The molecule has 1 aliphatic carbocycles. The number of para-hydroxylation sites is 1. The smallest absolute Gasteiger partial charge is 0.264 e. The Morgan fingerprint density at radius 2 is 1.77 bits per heavy atom. The Balaban J connectivity index is 1.84. The van der Waals surface area contributed by atoms with Crippen molar-refractivity contribution >= 4 is 39.8 Å². The molecule has 0 spiro atoms. The minimum Gasteiger partial charge on any atom is -0.277 e. The number of aromatic nitrogens is 1. The van der Waals surface area contributed by atoms with E-state index in [2.05, 4.69) is 19.9 Å². The van der Waals surface area contributed by atoms with Crippen LogP contribution in [0.3, 0.4) is 0 Å². The molecule has 5 rings (SSSR count). The van der Waals surface area contributed by atoms with Gasteiger partial charge >= 0.3 is 0 Å². The Morgan fingerprint density at radius 1 is 1.04 bits per heavy atom. The Bertz CT molecular complexity index is 1110. The van der Waals surface area contributed by atoms with Crippen LogP contribution in [0.1, 0.15) is 35.5 Å². The van der Waals surface area contributed by atoms with Crippen LogP contribution in [0.15, 0.2) is 54.6 Å². The molecule has 0 unspecified atom stereocenters. The van der Waals surface area contributed by atoms with Crippen LogP contribution in [0.5, 0.6) is 0 Å². The van der Waals surface area contributed by atoms with Crippen LogP contribution in [-0.4, -0.2) is 10.9 Å². The van der Waals surface area contributed by atoms with Gasteiger partial charge in [0.1, 0.15) is 0 Å². The van der Waals surface area contributed by atoms with Crippen LogP contribution in [0.25, 0.3) is 16.6 Å². The van der Waals surface area contributed by atoms with E-state index in [4.69, 9.17) is 16.6 Å². The lowest BCUT2D eigenvalue weighted by molar-refractivity contribution is 0.101. The van der Waals surface area contributed by atoms with E-state index in [1.807, 2.05) is 48.5 Å². The molecule has 2 heterocycles. The van der Waals surface area contributed by atoms with Gasteiger partial charge in [-0.15, -0.1) is 0 Å². The average molecular weight is 361 g/mol. The highest BCUT2D eigenvalue weighted by Crippen LogP contribution is 2.47. The summed E-state index contributed by atoms with van der Waals surface area (Å²) in [7, 11) is 0. The van der Waals surface area contributed by atoms with Crippen LogP contribution in [0, 0.1) is 5.41 Å². The van der Waals surface area contributed by atoms with Gasteiger partial charge in [-0.1, -0.05) is 49.7 Å². The second-order valence-corrected chi connectivity index (χ2v) is 8.07. The highest BCUT2D eigenvalue weighted by atomic mass is 35.5. The third-order valence-electron chi connectivity index (χ3n) is 5.12. The number of anilines is 1. The number of halogens is 1. The van der Waals surface area contributed by atoms with Gasteiger partial charge in [0.15, 0.2) is 0 Å². The van der Waals surface area contributed by atoms with E-state index in [0.717, 1.165) is 45.5 Å². The van der Waals surface area contributed by atoms with Gasteiger partial charge in [0.05, 0.1) is 22.5 Å². The molecule has 3 nitrogen and oxygen atoms in total. The van der Waals surface area contributed by atoms with Crippen LogP contribution in [-0.2, 0) is 6.42 Å². The largest absolute Gasteiger partial charge is 0.277 e. The molecule has 1 amide bonds. The maximum Gasteiger partial charge on any atom is 0.264 e. The van der Waals surface area contributed by atoms with Crippen molar-refractivity contribution in [1.82, 2.24) is 4.98 Å². The SMILES string of the molecule is CC1(C)C=C2c3c(nc4ccccc4c3C(=O)N2c2ccc(Cl)cc2)C1. The third kappa shape index (κ3) is 2.14. The summed E-state index contributed by atoms with van der Waals surface area (Å²) >= 11 is 6.05. The maximum absolute atomic E-state index is 13.5. The van der Waals surface area contributed by atoms with Crippen molar-refractivity contribution in [3.63, 3.8) is 0 Å². The summed E-state index contributed by atoms with van der Waals surface area (Å²) in [6.45, 7) is 4.37. The van der Waals surface area contributed by atoms with E-state index in [9.17, 15) is 4.79 Å². The van der Waals surface area contributed by atoms with Gasteiger partial charge in [-0.05, 0) is 42.2 Å². The van der Waals surface area contributed by atoms with Crippen molar-refractivity contribution in [3.8, 4) is 0 Å². The average Bonchev–Trinajstić information content (AvgIpc) is 2.88. The first-order valence-electron chi connectivity index (χ1n) is 8.69. The van der Waals surface area contributed by atoms with Crippen LogP contribution < -0.4 is 4.90 Å². The molecule has 0 fully saturated rings. The monoisotopic (exact) mass is 360 g/mol. The fourth-order valence-electron chi connectivity index (χ4n) is 4.06. The summed E-state index contributed by atoms with van der Waals surface area (Å²) in [5.74, 6) is 0.00567. The van der Waals surface area contributed by atoms with Crippen molar-refractivity contribution in [2.45, 2.75) is 20.3 Å². The van der Waals surface area contributed by atoms with Crippen molar-refractivity contribution in [2.24, 2.45) is 5.41 Å². The van der Waals surface area contributed by atoms with E-state index >= 15 is 0 Å². The molecule has 0 bridgehead atoms. The van der Waals surface area contributed by atoms with E-state index in [0.29, 0.717) is 5.02 Å². The van der Waals surface area contributed by atoms with Crippen LogP contribution in [0.4, 0.5) is 5.69 Å². The zero-order chi connectivity index (χ0) is 18.1. The number of carbonyl (C=O) groups is 1. The lowest BCUT2D eigenvalue weighted by Gasteiger charge is -2.30. The van der Waals surface area contributed by atoms with Crippen LogP contribution >= 0.6 is 11.6 Å². The summed E-state index contributed by atoms with van der Waals surface area (Å²) in [5, 5.41) is 1.57. The molecule has 2 aromatic carbocycles. The molecule has 0 atom stereocenters. The normalized spacial score (nSPS) is 17.4. The molecule has 1 aliphatic heterocycles. The second-order valence-electron chi connectivity index (χ2n) is 7.64. The standard InChI is InChI=1S/C22H17ClN2O/c1-22(2)11-17-20-18(12-22)25(14-9-7-13(23)8-10-14)21(26)19(20)15-5-3-4-6-16(15)24-17/h3-10,12H,11H2,1-2H3. The Kier molecular flexibility index (Phi) is 3.11. The van der Waals surface area contributed by atoms with Crippen molar-refractivity contribution in [2.75, 3.05) is 4.90 Å². The minimum atomic E-state index is -0.0651. The first-order valence-corrected chi connectivity index (χ1v) is 9.07. The minimum absolute atomic E-state index is 0.00567. The third-order valence-corrected chi connectivity index (χ3v) is 5.37. The van der Waals surface area contributed by atoms with E-state index < -0.39 is 0 Å². The topological polar surface area (TPSA) is 33.2 Å². The molecule has 0 saturated carbocycles. The maximum atomic E-state index is 13.5. The molecule has 0 saturated heterocycles. The molecule has 1 aromatic heterocycles. The number of fused-ring (bicyclic) bond motifs is 2. The number of hydrogen-bond donors (Lipinski definition) is 0. The number of nitrogens with zero attached hydrogens (tertiary/aromatic N) is 2. The number of hydrogen-bond acceptors (Lipinski definition) is 2. The highest BCUT2D eigenvalue weighted by molar-refractivity contribution is 6.31. The molecule has 26 heavy (non-hydrogen) atoms. The zero-order valence-electron chi connectivity index (χ0n) is 14.6. The fourth-order valence-corrected chi connectivity index (χ4v) is 4.18. The predicted molar refractivity (Wildman–Crippen MR) is 105 cm³/mol. The number of carbonyl (C=O) groups excluding carboxylic acids is 1. The van der Waals surface area contributed by atoms with Gasteiger partial charge in [0, 0.05) is 21.7 Å². The summed E-state index contributed by atoms with van der Waals surface area (Å²) in [6.07, 6.45) is 3.03. The van der Waals surface area contributed by atoms with Crippen molar-refractivity contribution in [3.05, 3.63) is 76.5 Å². The molecule has 0 radical (unpaired) electrons. The van der Waals surface area contributed by atoms with Gasteiger partial charge in [0.25, 0.3) is 5.91 Å². The van der Waals surface area contributed by atoms with Gasteiger partial charge in [-0.3, -0.25) is 14.7 Å². The number of allylic oxidation sites excluding steroid dienone is 1. The Labute approximate surface area is 156 Å². The zero-order valence-corrected chi connectivity index (χ0v) is 15.3. The molecule has 2 aliphatic rings. The Morgan fingerprint density at radius 3 is 2.54 bits per heavy atom. The first-order chi connectivity index (χ1) is 12.4. The highest BCUT2D eigenvalue weighted by Gasteiger charge is 2.41. The predicted octanol–water partition coefficient (Wildman–Crippen LogP) is 5.47. The summed E-state index contributed by atoms with van der Waals surface area (Å²) in [4.78, 5) is 20.2. The van der Waals surface area contributed by atoms with Crippen molar-refractivity contribution in [1.29, 1.82) is 0 Å². The van der Waals surface area contributed by atoms with E-state index in [-0.39, 0.29) is 11.3 Å². The molecular formula is C22H17ClN2O. The van der Waals surface area contributed by atoms with Gasteiger partial charge in [-0.25, -0.2) is 0 Å². The number of pyridine rings is 1. The van der Waals surface area contributed by atoms with Gasteiger partial charge < -0.3 is 0 Å². The van der Waals surface area contributed by atoms with Crippen molar-refractivity contribution < 1.29 is 4.79 Å². The lowest BCUT2D eigenvalue weighted by atomic mass is 9.79. The quantitative estimate of drug-likeness (QED) is 0.576. The fraction of sp³-hybridized carbons (Fsp3) is 0.182. The van der Waals surface area contributed by atoms with Gasteiger partial charge in [-0.2, -0.15) is 0 Å². The Hall–Kier alpha value is -2.65. The summed E-state index contributed by atoms with van der Waals surface area (Å²) < 4.78 is 0. The second kappa shape index (κ2) is 5.18. The number of benzene rings is 2. The van der Waals surface area contributed by atoms with E-state index in [1.54, 1.807) is 4.90 Å². The molecule has 128 valence electrons.